The summed E-state index contributed by atoms with van der Waals surface area (Å²) in [5.41, 5.74) is 1.42. The number of benzene rings is 1. The Hall–Kier alpha value is -1.45. The van der Waals surface area contributed by atoms with E-state index >= 15 is 0 Å². The third-order valence-corrected chi connectivity index (χ3v) is 9.90. The summed E-state index contributed by atoms with van der Waals surface area (Å²) < 4.78 is 52.6. The molecule has 2 fully saturated rings. The fourth-order valence-corrected chi connectivity index (χ4v) is 7.47. The first-order valence-corrected chi connectivity index (χ1v) is 12.8. The van der Waals surface area contributed by atoms with E-state index in [-0.39, 0.29) is 29.8 Å². The minimum Gasteiger partial charge on any atom is -0.339 e. The molecule has 0 unspecified atom stereocenters. The minimum atomic E-state index is -3.80. The number of sulfonamides is 1. The molecule has 28 heavy (non-hydrogen) atoms. The molecule has 9 heteroatoms. The quantitative estimate of drug-likeness (QED) is 0.741. The van der Waals surface area contributed by atoms with Crippen LogP contribution in [0.1, 0.15) is 43.2 Å². The molecular weight excluding hydrogens is 400 g/mol. The Morgan fingerprint density at radius 1 is 1.04 bits per heavy atom. The largest absolute Gasteiger partial charge is 0.339 e. The van der Waals surface area contributed by atoms with Gasteiger partial charge in [-0.05, 0) is 43.9 Å². The van der Waals surface area contributed by atoms with Gasteiger partial charge in [-0.25, -0.2) is 21.6 Å². The number of amides is 1. The molecular formula is C19H28N2O5S2. The standard InChI is InChI=1S/C19H28N2O5S2/c1-14-8-9-15(2)18(10-14)28(25,26)20-11-19(22)21-12-17(13-21)27(23,24)16-6-4-3-5-7-16/h8-10,16-17,20H,3-7,11-13H2,1-2H3. The number of hydrogen-bond donors (Lipinski definition) is 1. The monoisotopic (exact) mass is 428 g/mol. The predicted molar refractivity (Wildman–Crippen MR) is 107 cm³/mol. The first kappa shape index (κ1) is 21.3. The molecule has 1 aromatic carbocycles. The van der Waals surface area contributed by atoms with E-state index in [0.717, 1.165) is 24.8 Å². The maximum Gasteiger partial charge on any atom is 0.241 e. The molecule has 3 rings (SSSR count). The van der Waals surface area contributed by atoms with Crippen LogP contribution in [-0.2, 0) is 24.7 Å². The number of likely N-dealkylation sites (tertiary alicyclic amines) is 1. The lowest BCUT2D eigenvalue weighted by atomic mass is 10.0. The number of carbonyl (C=O) groups excluding carboxylic acids is 1. The first-order valence-electron chi connectivity index (χ1n) is 9.68. The molecule has 0 aromatic heterocycles. The zero-order valence-corrected chi connectivity index (χ0v) is 18.0. The van der Waals surface area contributed by atoms with Crippen LogP contribution in [0.4, 0.5) is 0 Å². The number of nitrogens with one attached hydrogen (secondary N) is 1. The summed E-state index contributed by atoms with van der Waals surface area (Å²) >= 11 is 0. The van der Waals surface area contributed by atoms with E-state index < -0.39 is 31.0 Å². The number of hydrogen-bond acceptors (Lipinski definition) is 5. The second kappa shape index (κ2) is 8.12. The molecule has 1 N–H and O–H groups in total. The van der Waals surface area contributed by atoms with E-state index in [4.69, 9.17) is 0 Å². The van der Waals surface area contributed by atoms with Gasteiger partial charge in [0.1, 0.15) is 0 Å². The molecule has 156 valence electrons. The summed E-state index contributed by atoms with van der Waals surface area (Å²) in [4.78, 5) is 13.9. The van der Waals surface area contributed by atoms with E-state index in [1.807, 2.05) is 6.07 Å². The van der Waals surface area contributed by atoms with Crippen LogP contribution in [0.5, 0.6) is 0 Å². The summed E-state index contributed by atoms with van der Waals surface area (Å²) in [6.45, 7) is 3.44. The second-order valence-corrected chi connectivity index (χ2v) is 12.1. The molecule has 0 atom stereocenters. The van der Waals surface area contributed by atoms with Crippen molar-refractivity contribution in [2.75, 3.05) is 19.6 Å². The van der Waals surface area contributed by atoms with Crippen molar-refractivity contribution in [1.29, 1.82) is 0 Å². The molecule has 1 aromatic rings. The zero-order chi connectivity index (χ0) is 20.5. The van der Waals surface area contributed by atoms with Crippen molar-refractivity contribution in [3.05, 3.63) is 29.3 Å². The highest BCUT2D eigenvalue weighted by Crippen LogP contribution is 2.29. The Morgan fingerprint density at radius 2 is 1.68 bits per heavy atom. The Kier molecular flexibility index (Phi) is 6.17. The first-order chi connectivity index (χ1) is 13.1. The van der Waals surface area contributed by atoms with Gasteiger partial charge >= 0.3 is 0 Å². The maximum absolute atomic E-state index is 12.7. The fraction of sp³-hybridized carbons (Fsp3) is 0.632. The van der Waals surface area contributed by atoms with Gasteiger partial charge in [0, 0.05) is 13.1 Å². The Balaban J connectivity index is 1.55. The van der Waals surface area contributed by atoms with Gasteiger partial charge in [-0.1, -0.05) is 31.4 Å². The normalized spacial score (nSPS) is 19.4. The zero-order valence-electron chi connectivity index (χ0n) is 16.3. The van der Waals surface area contributed by atoms with Gasteiger partial charge in [0.15, 0.2) is 9.84 Å². The van der Waals surface area contributed by atoms with Crippen molar-refractivity contribution in [3.63, 3.8) is 0 Å². The summed E-state index contributed by atoms with van der Waals surface area (Å²) in [5, 5.41) is -0.804. The van der Waals surface area contributed by atoms with Gasteiger partial charge in [-0.15, -0.1) is 0 Å². The third-order valence-electron chi connectivity index (χ3n) is 5.73. The van der Waals surface area contributed by atoms with Gasteiger partial charge < -0.3 is 4.90 Å². The van der Waals surface area contributed by atoms with Crippen molar-refractivity contribution >= 4 is 25.8 Å². The lowest BCUT2D eigenvalue weighted by Crippen LogP contribution is -2.60. The van der Waals surface area contributed by atoms with Crippen LogP contribution in [0.3, 0.4) is 0 Å². The van der Waals surface area contributed by atoms with Crippen LogP contribution in [-0.4, -0.2) is 57.8 Å². The lowest BCUT2D eigenvalue weighted by Gasteiger charge is -2.40. The highest BCUT2D eigenvalue weighted by Gasteiger charge is 2.43. The number of nitrogens with zero attached hydrogens (tertiary/aromatic N) is 1. The van der Waals surface area contributed by atoms with E-state index in [1.54, 1.807) is 26.0 Å². The number of carbonyl (C=O) groups is 1. The van der Waals surface area contributed by atoms with Crippen LogP contribution in [0.25, 0.3) is 0 Å². The minimum absolute atomic E-state index is 0.154. The molecule has 1 aliphatic carbocycles. The molecule has 1 amide bonds. The topological polar surface area (TPSA) is 101 Å². The van der Waals surface area contributed by atoms with Crippen LogP contribution in [0.15, 0.2) is 23.1 Å². The molecule has 1 saturated carbocycles. The van der Waals surface area contributed by atoms with Crippen molar-refractivity contribution in [1.82, 2.24) is 9.62 Å². The summed E-state index contributed by atoms with van der Waals surface area (Å²) in [6, 6.07) is 5.12. The maximum atomic E-state index is 12.7. The summed E-state index contributed by atoms with van der Waals surface area (Å²) in [7, 11) is -7.02. The predicted octanol–water partition coefficient (Wildman–Crippen LogP) is 1.54. The van der Waals surface area contributed by atoms with Crippen LogP contribution in [0.2, 0.25) is 0 Å². The van der Waals surface area contributed by atoms with Gasteiger partial charge in [0.25, 0.3) is 0 Å². The van der Waals surface area contributed by atoms with Crippen LogP contribution >= 0.6 is 0 Å². The SMILES string of the molecule is Cc1ccc(C)c(S(=O)(=O)NCC(=O)N2CC(S(=O)(=O)C3CCCCC3)C2)c1. The molecule has 1 aliphatic heterocycles. The van der Waals surface area contributed by atoms with Crippen molar-refractivity contribution < 1.29 is 21.6 Å². The van der Waals surface area contributed by atoms with Gasteiger partial charge in [0.2, 0.25) is 15.9 Å². The molecule has 1 saturated heterocycles. The van der Waals surface area contributed by atoms with E-state index in [2.05, 4.69) is 4.72 Å². The van der Waals surface area contributed by atoms with Crippen LogP contribution in [0, 0.1) is 13.8 Å². The molecule has 0 bridgehead atoms. The van der Waals surface area contributed by atoms with Gasteiger partial charge in [-0.2, -0.15) is 0 Å². The Bertz CT molecular complexity index is 945. The van der Waals surface area contributed by atoms with E-state index in [1.165, 1.54) is 4.90 Å². The molecule has 0 radical (unpaired) electrons. The van der Waals surface area contributed by atoms with E-state index in [0.29, 0.717) is 18.4 Å². The van der Waals surface area contributed by atoms with E-state index in [9.17, 15) is 21.6 Å². The number of sulfone groups is 1. The smallest absolute Gasteiger partial charge is 0.241 e. The lowest BCUT2D eigenvalue weighted by molar-refractivity contribution is -0.133. The molecule has 0 spiro atoms. The summed E-state index contributed by atoms with van der Waals surface area (Å²) in [5.74, 6) is -0.399. The third kappa shape index (κ3) is 4.41. The number of aryl methyl sites for hydroxylation is 2. The van der Waals surface area contributed by atoms with Crippen molar-refractivity contribution in [2.45, 2.75) is 61.3 Å². The molecule has 7 nitrogen and oxygen atoms in total. The molecule has 1 heterocycles. The highest BCUT2D eigenvalue weighted by molar-refractivity contribution is 7.92. The van der Waals surface area contributed by atoms with Gasteiger partial charge in [-0.3, -0.25) is 4.79 Å². The van der Waals surface area contributed by atoms with Gasteiger partial charge in [0.05, 0.1) is 21.9 Å². The van der Waals surface area contributed by atoms with Crippen LogP contribution < -0.4 is 4.72 Å². The Labute approximate surface area is 167 Å². The van der Waals surface area contributed by atoms with Crippen molar-refractivity contribution in [2.24, 2.45) is 0 Å². The average molecular weight is 429 g/mol. The van der Waals surface area contributed by atoms with Crippen molar-refractivity contribution in [3.8, 4) is 0 Å². The second-order valence-electron chi connectivity index (χ2n) is 7.86. The highest BCUT2D eigenvalue weighted by atomic mass is 32.2. The summed E-state index contributed by atoms with van der Waals surface area (Å²) in [6.07, 6.45) is 4.39. The average Bonchev–Trinajstić information content (AvgIpc) is 2.61. The number of rotatable bonds is 6. The fourth-order valence-electron chi connectivity index (χ4n) is 3.86. The Morgan fingerprint density at radius 3 is 2.32 bits per heavy atom. The molecule has 2 aliphatic rings.